The second-order valence-corrected chi connectivity index (χ2v) is 13.8. The molecule has 0 aromatic heterocycles. The highest BCUT2D eigenvalue weighted by molar-refractivity contribution is 7.86. The van der Waals surface area contributed by atoms with Gasteiger partial charge < -0.3 is 0 Å². The van der Waals surface area contributed by atoms with Crippen molar-refractivity contribution in [3.8, 4) is 22.3 Å². The van der Waals surface area contributed by atoms with Crippen molar-refractivity contribution in [2.75, 3.05) is 0 Å². The number of hydrogen-bond donors (Lipinski definition) is 2. The molecule has 5 aromatic carbocycles. The molecule has 5 rings (SSSR count). The van der Waals surface area contributed by atoms with E-state index in [0.717, 1.165) is 38.2 Å². The highest BCUT2D eigenvalue weighted by Gasteiger charge is 2.20. The van der Waals surface area contributed by atoms with Gasteiger partial charge in [0, 0.05) is 0 Å². The molecular weight excluding hydrogens is 551 g/mol. The predicted molar refractivity (Wildman–Crippen MR) is 156 cm³/mol. The van der Waals surface area contributed by atoms with Crippen LogP contribution < -0.4 is 15.9 Å². The molecule has 0 bridgehead atoms. The quantitative estimate of drug-likeness (QED) is 0.203. The van der Waals surface area contributed by atoms with Gasteiger partial charge in [0.25, 0.3) is 20.2 Å². The summed E-state index contributed by atoms with van der Waals surface area (Å²) in [5.74, 6) is 0. The fourth-order valence-electron chi connectivity index (χ4n) is 4.29. The summed E-state index contributed by atoms with van der Waals surface area (Å²) in [4.78, 5) is -0.340. The zero-order valence-electron chi connectivity index (χ0n) is 20.4. The molecule has 2 N–H and O–H groups in total. The molecule has 1 unspecified atom stereocenters. The van der Waals surface area contributed by atoms with Crippen LogP contribution in [0.1, 0.15) is 0 Å². The van der Waals surface area contributed by atoms with Crippen LogP contribution in [0.4, 0.5) is 0 Å². The molecule has 0 saturated heterocycles. The molecule has 5 aromatic rings. The highest BCUT2D eigenvalue weighted by atomic mass is 32.2. The van der Waals surface area contributed by atoms with Crippen molar-refractivity contribution >= 4 is 44.1 Å². The third-order valence-electron chi connectivity index (χ3n) is 6.22. The Balaban J connectivity index is 1.55. The van der Waals surface area contributed by atoms with Gasteiger partial charge in [0.1, 0.15) is 0 Å². The van der Waals surface area contributed by atoms with E-state index in [-0.39, 0.29) is 9.79 Å². The van der Waals surface area contributed by atoms with Crippen LogP contribution in [0.3, 0.4) is 0 Å². The highest BCUT2D eigenvalue weighted by Crippen LogP contribution is 2.35. The van der Waals surface area contributed by atoms with Gasteiger partial charge in [-0.05, 0) is 70.4 Å². The summed E-state index contributed by atoms with van der Waals surface area (Å²) >= 11 is 0. The van der Waals surface area contributed by atoms with Gasteiger partial charge in [-0.2, -0.15) is 16.8 Å². The molecule has 39 heavy (non-hydrogen) atoms. The van der Waals surface area contributed by atoms with Crippen LogP contribution in [-0.2, 0) is 20.2 Å². The Bertz CT molecular complexity index is 1820. The van der Waals surface area contributed by atoms with Crippen LogP contribution in [-0.4, -0.2) is 25.9 Å². The van der Waals surface area contributed by atoms with E-state index >= 15 is 0 Å². The molecule has 1 atom stereocenters. The van der Waals surface area contributed by atoms with Crippen molar-refractivity contribution < 1.29 is 25.9 Å². The van der Waals surface area contributed by atoms with Gasteiger partial charge in [-0.25, -0.2) is 0 Å². The lowest BCUT2D eigenvalue weighted by molar-refractivity contribution is 0.481. The van der Waals surface area contributed by atoms with E-state index in [0.29, 0.717) is 0 Å². The molecule has 0 heterocycles. The average Bonchev–Trinajstić information content (AvgIpc) is 2.94. The first-order valence-electron chi connectivity index (χ1n) is 11.8. The van der Waals surface area contributed by atoms with E-state index < -0.39 is 28.2 Å². The van der Waals surface area contributed by atoms with Gasteiger partial charge in [-0.1, -0.05) is 103 Å². The molecule has 0 aliphatic rings. The van der Waals surface area contributed by atoms with Gasteiger partial charge in [0.15, 0.2) is 0 Å². The maximum Gasteiger partial charge on any atom is 0.294 e. The van der Waals surface area contributed by atoms with Crippen LogP contribution in [0.25, 0.3) is 22.3 Å². The smallest absolute Gasteiger partial charge is 0.282 e. The van der Waals surface area contributed by atoms with Crippen molar-refractivity contribution in [1.29, 1.82) is 0 Å². The lowest BCUT2D eigenvalue weighted by Gasteiger charge is -2.20. The Morgan fingerprint density at radius 3 is 1.31 bits per heavy atom. The summed E-state index contributed by atoms with van der Waals surface area (Å²) in [6.45, 7) is 0. The zero-order chi connectivity index (χ0) is 27.6. The van der Waals surface area contributed by atoms with E-state index in [4.69, 9.17) is 0 Å². The molecule has 0 radical (unpaired) electrons. The van der Waals surface area contributed by atoms with Crippen LogP contribution in [0.5, 0.6) is 0 Å². The summed E-state index contributed by atoms with van der Waals surface area (Å²) in [6.07, 6.45) is 0. The second-order valence-electron chi connectivity index (χ2n) is 8.77. The number of benzene rings is 5. The van der Waals surface area contributed by atoms with Crippen molar-refractivity contribution in [1.82, 2.24) is 0 Å². The Morgan fingerprint density at radius 1 is 0.410 bits per heavy atom. The summed E-state index contributed by atoms with van der Waals surface area (Å²) in [7, 11) is -9.83. The first-order chi connectivity index (χ1) is 18.6. The van der Waals surface area contributed by atoms with Gasteiger partial charge in [-0.3, -0.25) is 9.11 Å². The standard InChI is InChI=1S/C30H23O6PS2/c31-38(32,33)29-19-13-25(14-20-29)24-11-17-27(18-12-24)37(28-7-4-8-30(21-28)39(34,35)36)26-15-9-23(10-16-26)22-5-2-1-3-6-22/h1-21H,(H,31,32,33)(H,34,35,36). The molecule has 0 saturated carbocycles. The Labute approximate surface area is 228 Å². The largest absolute Gasteiger partial charge is 0.294 e. The summed E-state index contributed by atoms with van der Waals surface area (Å²) in [5.41, 5.74) is 3.77. The maximum atomic E-state index is 11.9. The summed E-state index contributed by atoms with van der Waals surface area (Å²) in [6, 6.07) is 38.2. The SMILES string of the molecule is O=S(=O)(O)c1ccc(-c2ccc(P(c3ccc(-c4ccccc4)cc3)c3cccc(S(=O)(=O)O)c3)cc2)cc1. The Hall–Kier alpha value is -3.65. The average molecular weight is 575 g/mol. The van der Waals surface area contributed by atoms with Crippen molar-refractivity contribution in [2.24, 2.45) is 0 Å². The van der Waals surface area contributed by atoms with E-state index in [1.807, 2.05) is 84.9 Å². The summed E-state index contributed by atoms with van der Waals surface area (Å²) < 4.78 is 65.4. The zero-order valence-corrected chi connectivity index (χ0v) is 22.9. The fourth-order valence-corrected chi connectivity index (χ4v) is 7.67. The van der Waals surface area contributed by atoms with Crippen molar-refractivity contribution in [3.05, 3.63) is 127 Å². The van der Waals surface area contributed by atoms with Crippen LogP contribution in [0.15, 0.2) is 137 Å². The maximum absolute atomic E-state index is 11.9. The normalized spacial score (nSPS) is 12.7. The van der Waals surface area contributed by atoms with Gasteiger partial charge in [-0.15, -0.1) is 0 Å². The van der Waals surface area contributed by atoms with E-state index in [9.17, 15) is 25.9 Å². The van der Waals surface area contributed by atoms with Crippen LogP contribution in [0.2, 0.25) is 0 Å². The first kappa shape index (κ1) is 26.9. The topological polar surface area (TPSA) is 109 Å². The number of rotatable bonds is 7. The van der Waals surface area contributed by atoms with E-state index in [1.54, 1.807) is 18.2 Å². The third kappa shape index (κ3) is 6.17. The molecule has 6 nitrogen and oxygen atoms in total. The van der Waals surface area contributed by atoms with Crippen molar-refractivity contribution in [2.45, 2.75) is 9.79 Å². The fraction of sp³-hybridized carbons (Fsp3) is 0. The molecule has 0 aliphatic heterocycles. The van der Waals surface area contributed by atoms with Crippen LogP contribution >= 0.6 is 7.92 Å². The molecule has 196 valence electrons. The Kier molecular flexibility index (Phi) is 7.49. The minimum atomic E-state index is -4.37. The molecule has 0 aliphatic carbocycles. The third-order valence-corrected chi connectivity index (χ3v) is 10.4. The minimum absolute atomic E-state index is 0.163. The van der Waals surface area contributed by atoms with E-state index in [1.165, 1.54) is 24.3 Å². The Morgan fingerprint density at radius 2 is 0.846 bits per heavy atom. The molecule has 0 fully saturated rings. The molecule has 0 amide bonds. The van der Waals surface area contributed by atoms with E-state index in [2.05, 4.69) is 0 Å². The van der Waals surface area contributed by atoms with Crippen molar-refractivity contribution in [3.63, 3.8) is 0 Å². The molecule has 9 heteroatoms. The van der Waals surface area contributed by atoms with Crippen LogP contribution in [0, 0.1) is 0 Å². The lowest BCUT2D eigenvalue weighted by atomic mass is 10.1. The first-order valence-corrected chi connectivity index (χ1v) is 16.0. The second kappa shape index (κ2) is 10.8. The van der Waals surface area contributed by atoms with Gasteiger partial charge in [0.2, 0.25) is 0 Å². The monoisotopic (exact) mass is 574 g/mol. The minimum Gasteiger partial charge on any atom is -0.282 e. The summed E-state index contributed by atoms with van der Waals surface area (Å²) in [5, 5.41) is 2.73. The van der Waals surface area contributed by atoms with Gasteiger partial charge in [0.05, 0.1) is 9.79 Å². The predicted octanol–water partition coefficient (Wildman–Crippen LogP) is 5.27. The molecular formula is C30H23O6PS2. The molecule has 0 spiro atoms. The number of hydrogen-bond acceptors (Lipinski definition) is 4. The lowest BCUT2D eigenvalue weighted by Crippen LogP contribution is -2.21. The van der Waals surface area contributed by atoms with Gasteiger partial charge >= 0.3 is 0 Å².